The summed E-state index contributed by atoms with van der Waals surface area (Å²) in [6.45, 7) is 1.87. The first-order chi connectivity index (χ1) is 11.0. The van der Waals surface area contributed by atoms with Crippen LogP contribution in [-0.4, -0.2) is 21.2 Å². The molecule has 0 aliphatic carbocycles. The number of hydrogen-bond acceptors (Lipinski definition) is 6. The first-order valence-corrected chi connectivity index (χ1v) is 8.16. The molecular formula is C14H10Cl2N4O2S. The van der Waals surface area contributed by atoms with Crippen molar-refractivity contribution in [2.24, 2.45) is 0 Å². The highest BCUT2D eigenvalue weighted by Crippen LogP contribution is 2.28. The summed E-state index contributed by atoms with van der Waals surface area (Å²) in [5.41, 5.74) is 1.80. The summed E-state index contributed by atoms with van der Waals surface area (Å²) in [6, 6.07) is 5.07. The zero-order valence-electron chi connectivity index (χ0n) is 11.8. The molecule has 0 atom stereocenters. The van der Waals surface area contributed by atoms with Gasteiger partial charge < -0.3 is 5.32 Å². The second kappa shape index (κ2) is 6.66. The molecule has 0 aliphatic rings. The van der Waals surface area contributed by atoms with Gasteiger partial charge >= 0.3 is 0 Å². The van der Waals surface area contributed by atoms with Crippen LogP contribution in [0, 0.1) is 6.92 Å². The third-order valence-corrected chi connectivity index (χ3v) is 4.64. The lowest BCUT2D eigenvalue weighted by Gasteiger charge is -2.06. The molecule has 2 heterocycles. The minimum Gasteiger partial charge on any atom is -0.306 e. The number of hydrogen-bond donors (Lipinski definition) is 1. The van der Waals surface area contributed by atoms with Gasteiger partial charge in [0.25, 0.3) is 0 Å². The van der Waals surface area contributed by atoms with Gasteiger partial charge in [-0.25, -0.2) is 9.61 Å². The Labute approximate surface area is 145 Å². The van der Waals surface area contributed by atoms with E-state index in [4.69, 9.17) is 27.8 Å². The van der Waals surface area contributed by atoms with Gasteiger partial charge in [-0.05, 0) is 34.9 Å². The third kappa shape index (κ3) is 3.52. The topological polar surface area (TPSA) is 80.9 Å². The van der Waals surface area contributed by atoms with Crippen LogP contribution >= 0.6 is 34.5 Å². The van der Waals surface area contributed by atoms with Crippen LogP contribution < -0.4 is 5.32 Å². The van der Waals surface area contributed by atoms with E-state index in [0.29, 0.717) is 26.3 Å². The minimum absolute atomic E-state index is 0.0156. The average Bonchev–Trinajstić information content (AvgIpc) is 3.12. The molecule has 9 heteroatoms. The van der Waals surface area contributed by atoms with E-state index in [-0.39, 0.29) is 18.1 Å². The highest BCUT2D eigenvalue weighted by molar-refractivity contribution is 7.13. The maximum atomic E-state index is 12.2. The Balaban J connectivity index is 1.78. The van der Waals surface area contributed by atoms with Gasteiger partial charge in [0.15, 0.2) is 5.69 Å². The molecule has 3 aromatic rings. The zero-order valence-corrected chi connectivity index (χ0v) is 14.2. The Morgan fingerprint density at radius 3 is 2.70 bits per heavy atom. The summed E-state index contributed by atoms with van der Waals surface area (Å²) >= 11 is 13.5. The lowest BCUT2D eigenvalue weighted by Crippen LogP contribution is -2.15. The van der Waals surface area contributed by atoms with E-state index in [1.165, 1.54) is 11.3 Å². The molecule has 0 unspecified atom stereocenters. The van der Waals surface area contributed by atoms with Crippen molar-refractivity contribution in [1.29, 1.82) is 0 Å². The molecule has 6 nitrogen and oxygen atoms in total. The van der Waals surface area contributed by atoms with Crippen molar-refractivity contribution in [3.63, 3.8) is 0 Å². The van der Waals surface area contributed by atoms with E-state index in [9.17, 15) is 4.79 Å². The van der Waals surface area contributed by atoms with Gasteiger partial charge in [0.2, 0.25) is 11.7 Å². The van der Waals surface area contributed by atoms with Crippen molar-refractivity contribution in [1.82, 2.24) is 15.3 Å². The number of thiazole rings is 1. The highest BCUT2D eigenvalue weighted by atomic mass is 35.5. The van der Waals surface area contributed by atoms with Crippen LogP contribution in [0.5, 0.6) is 0 Å². The number of rotatable bonds is 4. The fraction of sp³-hybridized carbons (Fsp3) is 0.143. The summed E-state index contributed by atoms with van der Waals surface area (Å²) in [7, 11) is 0. The number of halogens is 2. The number of carbonyl (C=O) groups is 1. The minimum atomic E-state index is -0.328. The first-order valence-electron chi connectivity index (χ1n) is 6.52. The quantitative estimate of drug-likeness (QED) is 0.752. The number of benzene rings is 1. The van der Waals surface area contributed by atoms with E-state index in [0.717, 1.165) is 5.69 Å². The third-order valence-electron chi connectivity index (χ3n) is 2.97. The molecule has 118 valence electrons. The summed E-state index contributed by atoms with van der Waals surface area (Å²) in [4.78, 5) is 16.5. The van der Waals surface area contributed by atoms with Gasteiger partial charge in [-0.1, -0.05) is 29.3 Å². The van der Waals surface area contributed by atoms with Gasteiger partial charge in [-0.3, -0.25) is 4.79 Å². The maximum absolute atomic E-state index is 12.2. The monoisotopic (exact) mass is 368 g/mol. The van der Waals surface area contributed by atoms with Crippen LogP contribution in [0.1, 0.15) is 11.3 Å². The summed E-state index contributed by atoms with van der Waals surface area (Å²) < 4.78 is 4.71. The smallest absolute Gasteiger partial charge is 0.230 e. The van der Waals surface area contributed by atoms with Gasteiger partial charge in [-0.2, -0.15) is 0 Å². The number of nitrogens with one attached hydrogen (secondary N) is 1. The number of nitrogens with zero attached hydrogens (tertiary/aromatic N) is 3. The molecule has 1 aromatic carbocycles. The lowest BCUT2D eigenvalue weighted by molar-refractivity contribution is -0.115. The van der Waals surface area contributed by atoms with Gasteiger partial charge in [0.05, 0.1) is 6.42 Å². The highest BCUT2D eigenvalue weighted by Gasteiger charge is 2.19. The Bertz CT molecular complexity index is 842. The molecule has 0 saturated carbocycles. The van der Waals surface area contributed by atoms with Gasteiger partial charge in [0, 0.05) is 21.1 Å². The molecule has 3 rings (SSSR count). The number of aromatic nitrogens is 3. The van der Waals surface area contributed by atoms with Gasteiger partial charge in [-0.15, -0.1) is 11.3 Å². The predicted molar refractivity (Wildman–Crippen MR) is 88.9 cm³/mol. The zero-order chi connectivity index (χ0) is 16.4. The van der Waals surface area contributed by atoms with Gasteiger partial charge in [0.1, 0.15) is 5.01 Å². The molecule has 0 spiro atoms. The lowest BCUT2D eigenvalue weighted by atomic mass is 10.1. The van der Waals surface area contributed by atoms with Crippen molar-refractivity contribution < 1.29 is 9.42 Å². The van der Waals surface area contributed by atoms with Crippen molar-refractivity contribution >= 4 is 46.3 Å². The van der Waals surface area contributed by atoms with E-state index in [2.05, 4.69) is 20.6 Å². The largest absolute Gasteiger partial charge is 0.306 e. The molecule has 23 heavy (non-hydrogen) atoms. The van der Waals surface area contributed by atoms with Crippen LogP contribution in [0.3, 0.4) is 0 Å². The Hall–Kier alpha value is -1.96. The second-order valence-corrected chi connectivity index (χ2v) is 6.35. The molecule has 2 aromatic heterocycles. The summed E-state index contributed by atoms with van der Waals surface area (Å²) in [6.07, 6.45) is 0.0156. The van der Waals surface area contributed by atoms with Crippen molar-refractivity contribution in [2.45, 2.75) is 13.3 Å². The normalized spacial score (nSPS) is 10.7. The molecule has 1 N–H and O–H groups in total. The fourth-order valence-corrected chi connectivity index (χ4v) is 3.22. The maximum Gasteiger partial charge on any atom is 0.230 e. The van der Waals surface area contributed by atoms with E-state index in [1.54, 1.807) is 18.2 Å². The average molecular weight is 369 g/mol. The molecule has 0 bridgehead atoms. The van der Waals surface area contributed by atoms with Crippen molar-refractivity contribution in [3.8, 4) is 10.7 Å². The molecular weight excluding hydrogens is 359 g/mol. The fourth-order valence-electron chi connectivity index (χ4n) is 1.91. The van der Waals surface area contributed by atoms with E-state index < -0.39 is 0 Å². The van der Waals surface area contributed by atoms with Crippen LogP contribution in [-0.2, 0) is 11.2 Å². The predicted octanol–water partition coefficient (Wildman–Crippen LogP) is 3.99. The number of aryl methyl sites for hydroxylation is 1. The Morgan fingerprint density at radius 1 is 1.30 bits per heavy atom. The Kier molecular flexibility index (Phi) is 4.61. The molecule has 0 radical (unpaired) electrons. The van der Waals surface area contributed by atoms with E-state index in [1.807, 2.05) is 12.3 Å². The molecule has 0 aliphatic heterocycles. The SMILES string of the molecule is Cc1csc(-c2nonc2NC(=O)Cc2c(Cl)cccc2Cl)n1. The number of carbonyl (C=O) groups excluding carboxylic acids is 1. The van der Waals surface area contributed by atoms with Crippen molar-refractivity contribution in [3.05, 3.63) is 44.9 Å². The molecule has 0 saturated heterocycles. The first kappa shape index (κ1) is 15.9. The van der Waals surface area contributed by atoms with Crippen LogP contribution in [0.25, 0.3) is 10.7 Å². The second-order valence-electron chi connectivity index (χ2n) is 4.68. The molecule has 0 fully saturated rings. The summed E-state index contributed by atoms with van der Waals surface area (Å²) in [5, 5.41) is 13.5. The van der Waals surface area contributed by atoms with Crippen molar-refractivity contribution in [2.75, 3.05) is 5.32 Å². The Morgan fingerprint density at radius 2 is 2.04 bits per heavy atom. The van der Waals surface area contributed by atoms with E-state index >= 15 is 0 Å². The van der Waals surface area contributed by atoms with Crippen LogP contribution in [0.2, 0.25) is 10.0 Å². The van der Waals surface area contributed by atoms with Crippen LogP contribution in [0.15, 0.2) is 28.2 Å². The number of anilines is 1. The summed E-state index contributed by atoms with van der Waals surface area (Å²) in [5.74, 6) is -0.113. The standard InChI is InChI=1S/C14H10Cl2N4O2S/c1-7-6-23-14(17-7)12-13(20-22-19-12)18-11(21)5-8-9(15)3-2-4-10(8)16/h2-4,6H,5H2,1H3,(H,18,20,21). The number of amides is 1. The van der Waals surface area contributed by atoms with Crippen LogP contribution in [0.4, 0.5) is 5.82 Å². The molecule has 1 amide bonds.